The van der Waals surface area contributed by atoms with Crippen molar-refractivity contribution in [2.75, 3.05) is 24.5 Å². The molecule has 1 aliphatic rings. The zero-order valence-corrected chi connectivity index (χ0v) is 15.9. The van der Waals surface area contributed by atoms with E-state index >= 15 is 0 Å². The average Bonchev–Trinajstić information content (AvgIpc) is 2.71. The van der Waals surface area contributed by atoms with Crippen molar-refractivity contribution in [2.24, 2.45) is 5.92 Å². The van der Waals surface area contributed by atoms with Crippen LogP contribution in [0.4, 0.5) is 14.5 Å². The van der Waals surface area contributed by atoms with E-state index < -0.39 is 29.4 Å². The number of rotatable bonds is 6. The van der Waals surface area contributed by atoms with Crippen molar-refractivity contribution in [2.45, 2.75) is 13.5 Å². The molecule has 0 radical (unpaired) electrons. The number of benzene rings is 2. The molecule has 1 fully saturated rings. The van der Waals surface area contributed by atoms with Crippen molar-refractivity contribution in [1.29, 1.82) is 0 Å². The van der Waals surface area contributed by atoms with E-state index in [1.54, 1.807) is 31.2 Å². The molecule has 152 valence electrons. The summed E-state index contributed by atoms with van der Waals surface area (Å²) in [7, 11) is 0. The Labute approximate surface area is 167 Å². The van der Waals surface area contributed by atoms with Crippen LogP contribution in [-0.4, -0.2) is 42.3 Å². The molecule has 1 aliphatic heterocycles. The van der Waals surface area contributed by atoms with E-state index in [0.717, 1.165) is 12.1 Å². The number of piperazine rings is 1. The van der Waals surface area contributed by atoms with Gasteiger partial charge in [-0.05, 0) is 18.2 Å². The predicted molar refractivity (Wildman–Crippen MR) is 103 cm³/mol. The largest absolute Gasteiger partial charge is 0.352 e. The highest BCUT2D eigenvalue weighted by atomic mass is 19.1. The van der Waals surface area contributed by atoms with Crippen molar-refractivity contribution >= 4 is 23.4 Å². The van der Waals surface area contributed by atoms with E-state index in [1.165, 1.54) is 15.9 Å². The minimum absolute atomic E-state index is 0.0743. The summed E-state index contributed by atoms with van der Waals surface area (Å²) in [5.74, 6) is -3.72. The fraction of sp³-hybridized carbons (Fsp3) is 0.286. The van der Waals surface area contributed by atoms with Crippen LogP contribution < -0.4 is 10.2 Å². The molecule has 0 spiro atoms. The van der Waals surface area contributed by atoms with Gasteiger partial charge in [-0.2, -0.15) is 0 Å². The Kier molecular flexibility index (Phi) is 6.21. The molecule has 0 saturated carbocycles. The fourth-order valence-corrected chi connectivity index (χ4v) is 3.14. The molecular formula is C21H21F2N3O3. The van der Waals surface area contributed by atoms with Crippen LogP contribution in [-0.2, 0) is 20.9 Å². The minimum Gasteiger partial charge on any atom is -0.352 e. The molecule has 0 bridgehead atoms. The first-order chi connectivity index (χ1) is 13.9. The Bertz CT molecular complexity index is 921. The highest BCUT2D eigenvalue weighted by molar-refractivity contribution is 6.41. The number of hydrogen-bond donors (Lipinski definition) is 1. The Hall–Kier alpha value is -3.29. The van der Waals surface area contributed by atoms with Crippen LogP contribution in [0.25, 0.3) is 0 Å². The van der Waals surface area contributed by atoms with Gasteiger partial charge in [-0.3, -0.25) is 14.4 Å². The molecule has 1 N–H and O–H groups in total. The molecule has 1 saturated heterocycles. The van der Waals surface area contributed by atoms with Gasteiger partial charge in [0, 0.05) is 43.5 Å². The molecule has 2 aromatic rings. The van der Waals surface area contributed by atoms with Crippen LogP contribution in [0.1, 0.15) is 12.5 Å². The lowest BCUT2D eigenvalue weighted by Crippen LogP contribution is -2.56. The lowest BCUT2D eigenvalue weighted by molar-refractivity contribution is -0.147. The topological polar surface area (TPSA) is 69.7 Å². The van der Waals surface area contributed by atoms with Gasteiger partial charge in [0.15, 0.2) is 0 Å². The summed E-state index contributed by atoms with van der Waals surface area (Å²) in [5, 5.41) is 2.57. The van der Waals surface area contributed by atoms with Crippen LogP contribution in [0.15, 0.2) is 48.5 Å². The summed E-state index contributed by atoms with van der Waals surface area (Å²) < 4.78 is 26.6. The van der Waals surface area contributed by atoms with Gasteiger partial charge in [0.2, 0.25) is 5.91 Å². The highest BCUT2D eigenvalue weighted by Crippen LogP contribution is 2.18. The number of nitrogens with zero attached hydrogens (tertiary/aromatic N) is 2. The summed E-state index contributed by atoms with van der Waals surface area (Å²) in [6, 6.07) is 12.0. The first-order valence-electron chi connectivity index (χ1n) is 9.24. The summed E-state index contributed by atoms with van der Waals surface area (Å²) >= 11 is 0. The van der Waals surface area contributed by atoms with Gasteiger partial charge in [-0.15, -0.1) is 0 Å². The van der Waals surface area contributed by atoms with Crippen molar-refractivity contribution in [3.8, 4) is 0 Å². The van der Waals surface area contributed by atoms with Crippen molar-refractivity contribution in [3.63, 3.8) is 0 Å². The third kappa shape index (κ3) is 4.77. The highest BCUT2D eigenvalue weighted by Gasteiger charge is 2.34. The summed E-state index contributed by atoms with van der Waals surface area (Å²) in [5.41, 5.74) is 0.812. The van der Waals surface area contributed by atoms with Crippen LogP contribution in [0, 0.1) is 17.6 Å². The summed E-state index contributed by atoms with van der Waals surface area (Å²) in [4.78, 5) is 39.9. The molecule has 2 aromatic carbocycles. The maximum Gasteiger partial charge on any atom is 0.316 e. The lowest BCUT2D eigenvalue weighted by Gasteiger charge is -2.34. The van der Waals surface area contributed by atoms with Crippen molar-refractivity contribution in [1.82, 2.24) is 10.2 Å². The number of para-hydroxylation sites is 1. The SMILES string of the molecule is C[C@H](CN1CCN(c2ccccc2)C(=O)C1=O)C(=O)NCc1ccc(F)cc1F. The average molecular weight is 401 g/mol. The molecule has 1 atom stereocenters. The van der Waals surface area contributed by atoms with E-state index in [0.29, 0.717) is 18.8 Å². The molecule has 8 heteroatoms. The quantitative estimate of drug-likeness (QED) is 0.754. The number of hydrogen-bond acceptors (Lipinski definition) is 3. The molecule has 0 aromatic heterocycles. The molecule has 1 heterocycles. The molecular weight excluding hydrogens is 380 g/mol. The second-order valence-corrected chi connectivity index (χ2v) is 6.90. The van der Waals surface area contributed by atoms with Crippen LogP contribution in [0.5, 0.6) is 0 Å². The number of halogens is 2. The lowest BCUT2D eigenvalue weighted by atomic mass is 10.1. The first kappa shape index (κ1) is 20.4. The Balaban J connectivity index is 1.55. The van der Waals surface area contributed by atoms with E-state index in [4.69, 9.17) is 0 Å². The predicted octanol–water partition coefficient (Wildman–Crippen LogP) is 2.09. The van der Waals surface area contributed by atoms with Crippen LogP contribution in [0.2, 0.25) is 0 Å². The molecule has 29 heavy (non-hydrogen) atoms. The second-order valence-electron chi connectivity index (χ2n) is 6.90. The minimum atomic E-state index is -0.740. The zero-order valence-electron chi connectivity index (χ0n) is 15.9. The molecule has 0 aliphatic carbocycles. The van der Waals surface area contributed by atoms with Gasteiger partial charge in [0.1, 0.15) is 11.6 Å². The standard InChI is InChI=1S/C21H21F2N3O3/c1-14(19(27)24-12-15-7-8-16(22)11-18(15)23)13-25-9-10-26(21(29)20(25)28)17-5-3-2-4-6-17/h2-8,11,14H,9-10,12-13H2,1H3,(H,24,27)/t14-/m1/s1. The van der Waals surface area contributed by atoms with Gasteiger partial charge in [-0.1, -0.05) is 31.2 Å². The van der Waals surface area contributed by atoms with Gasteiger partial charge >= 0.3 is 11.8 Å². The molecule has 6 nitrogen and oxygen atoms in total. The van der Waals surface area contributed by atoms with E-state index in [9.17, 15) is 23.2 Å². The Morgan fingerprint density at radius 2 is 1.79 bits per heavy atom. The number of carbonyl (C=O) groups excluding carboxylic acids is 3. The Morgan fingerprint density at radius 3 is 2.48 bits per heavy atom. The van der Waals surface area contributed by atoms with Gasteiger partial charge < -0.3 is 15.1 Å². The second kappa shape index (κ2) is 8.81. The molecule has 3 amide bonds. The third-order valence-electron chi connectivity index (χ3n) is 4.79. The smallest absolute Gasteiger partial charge is 0.316 e. The van der Waals surface area contributed by atoms with Crippen LogP contribution in [0.3, 0.4) is 0 Å². The molecule has 0 unspecified atom stereocenters. The zero-order chi connectivity index (χ0) is 21.0. The number of nitrogens with one attached hydrogen (secondary N) is 1. The number of anilines is 1. The van der Waals surface area contributed by atoms with Gasteiger partial charge in [-0.25, -0.2) is 8.78 Å². The van der Waals surface area contributed by atoms with Crippen molar-refractivity contribution < 1.29 is 23.2 Å². The first-order valence-corrected chi connectivity index (χ1v) is 9.24. The normalized spacial score (nSPS) is 15.4. The number of carbonyl (C=O) groups is 3. The Morgan fingerprint density at radius 1 is 1.07 bits per heavy atom. The maximum atomic E-state index is 13.7. The molecule has 3 rings (SSSR count). The summed E-state index contributed by atoms with van der Waals surface area (Å²) in [6.07, 6.45) is 0. The van der Waals surface area contributed by atoms with E-state index in [2.05, 4.69) is 5.32 Å². The van der Waals surface area contributed by atoms with E-state index in [1.807, 2.05) is 6.07 Å². The van der Waals surface area contributed by atoms with Crippen molar-refractivity contribution in [3.05, 3.63) is 65.7 Å². The number of amides is 3. The van der Waals surface area contributed by atoms with E-state index in [-0.39, 0.29) is 24.6 Å². The van der Waals surface area contributed by atoms with Gasteiger partial charge in [0.05, 0.1) is 5.92 Å². The fourth-order valence-electron chi connectivity index (χ4n) is 3.14. The van der Waals surface area contributed by atoms with Crippen LogP contribution >= 0.6 is 0 Å². The van der Waals surface area contributed by atoms with Gasteiger partial charge in [0.25, 0.3) is 0 Å². The summed E-state index contributed by atoms with van der Waals surface area (Å²) in [6.45, 7) is 2.25. The third-order valence-corrected chi connectivity index (χ3v) is 4.79. The maximum absolute atomic E-state index is 13.7. The monoisotopic (exact) mass is 401 g/mol.